The second-order valence-electron chi connectivity index (χ2n) is 10.0. The number of alkyl halides is 6. The van der Waals surface area contributed by atoms with Crippen LogP contribution >= 0.6 is 11.6 Å². The third kappa shape index (κ3) is 4.52. The molecule has 0 unspecified atom stereocenters. The monoisotopic (exact) mass is 543 g/mol. The number of anilines is 1. The van der Waals surface area contributed by atoms with E-state index in [2.05, 4.69) is 20.2 Å². The van der Waals surface area contributed by atoms with E-state index in [0.29, 0.717) is 41.0 Å². The molecule has 0 atom stereocenters. The number of aromatic nitrogens is 5. The van der Waals surface area contributed by atoms with Crippen LogP contribution in [0.4, 0.5) is 32.3 Å². The van der Waals surface area contributed by atoms with Gasteiger partial charge >= 0.3 is 12.4 Å². The number of hydrogen-bond donors (Lipinski definition) is 0. The van der Waals surface area contributed by atoms with E-state index in [-0.39, 0.29) is 30.4 Å². The minimum Gasteiger partial charge on any atom is -0.340 e. The van der Waals surface area contributed by atoms with Crippen LogP contribution in [0.5, 0.6) is 0 Å². The molecular formula is C23H20ClF6N7. The average Bonchev–Trinajstić information content (AvgIpc) is 3.06. The lowest BCUT2D eigenvalue weighted by Crippen LogP contribution is -2.62. The van der Waals surface area contributed by atoms with Gasteiger partial charge in [0.15, 0.2) is 5.82 Å². The molecule has 1 spiro atoms. The lowest BCUT2D eigenvalue weighted by molar-refractivity contribution is -0.148. The zero-order valence-corrected chi connectivity index (χ0v) is 19.9. The Labute approximate surface area is 212 Å². The van der Waals surface area contributed by atoms with E-state index in [1.165, 1.54) is 4.90 Å². The lowest BCUT2D eigenvalue weighted by atomic mass is 9.57. The molecule has 37 heavy (non-hydrogen) atoms. The van der Waals surface area contributed by atoms with Crippen molar-refractivity contribution < 1.29 is 26.3 Å². The Morgan fingerprint density at radius 1 is 1.00 bits per heavy atom. The van der Waals surface area contributed by atoms with E-state index in [9.17, 15) is 26.3 Å². The number of halogens is 7. The van der Waals surface area contributed by atoms with Gasteiger partial charge in [-0.2, -0.15) is 26.3 Å². The van der Waals surface area contributed by atoms with Gasteiger partial charge in [0.2, 0.25) is 5.95 Å². The van der Waals surface area contributed by atoms with Crippen molar-refractivity contribution in [3.05, 3.63) is 58.4 Å². The highest BCUT2D eigenvalue weighted by Crippen LogP contribution is 2.56. The van der Waals surface area contributed by atoms with Crippen molar-refractivity contribution in [2.45, 2.75) is 44.2 Å². The van der Waals surface area contributed by atoms with E-state index in [1.54, 1.807) is 23.1 Å². The number of hydrogen-bond acceptors (Lipinski definition) is 6. The molecule has 6 rings (SSSR count). The Hall–Kier alpha value is -2.93. The predicted molar refractivity (Wildman–Crippen MR) is 120 cm³/mol. The topological polar surface area (TPSA) is 63.0 Å². The molecule has 2 aromatic heterocycles. The molecule has 3 aliphatic rings. The van der Waals surface area contributed by atoms with Crippen molar-refractivity contribution in [3.63, 3.8) is 0 Å². The van der Waals surface area contributed by atoms with Gasteiger partial charge in [0.25, 0.3) is 0 Å². The summed E-state index contributed by atoms with van der Waals surface area (Å²) < 4.78 is 80.4. The van der Waals surface area contributed by atoms with E-state index in [4.69, 9.17) is 11.6 Å². The van der Waals surface area contributed by atoms with Crippen LogP contribution in [0.2, 0.25) is 5.02 Å². The number of benzene rings is 1. The highest BCUT2D eigenvalue weighted by molar-refractivity contribution is 6.30. The molecule has 4 heterocycles. The lowest BCUT2D eigenvalue weighted by Gasteiger charge is -2.58. The van der Waals surface area contributed by atoms with Gasteiger partial charge in [0.1, 0.15) is 11.5 Å². The summed E-state index contributed by atoms with van der Waals surface area (Å²) in [5.74, 6) is 1.17. The predicted octanol–water partition coefficient (Wildman–Crippen LogP) is 4.99. The second-order valence-corrected chi connectivity index (χ2v) is 10.5. The molecule has 196 valence electrons. The molecule has 1 saturated heterocycles. The standard InChI is InChI=1S/C23H20ClF6N7/c24-15-1-2-16-13(5-15)8-35(12-22(25,26)27)9-18-33-34-19(37(16)18)14-6-21(7-14)10-36(11-21)20-31-4-3-17(32-20)23(28,29)30/h1-5,14H,6-12H2. The van der Waals surface area contributed by atoms with Crippen molar-refractivity contribution in [1.82, 2.24) is 29.6 Å². The molecule has 7 nitrogen and oxygen atoms in total. The summed E-state index contributed by atoms with van der Waals surface area (Å²) in [6, 6.07) is 5.97. The first-order valence-corrected chi connectivity index (χ1v) is 11.9. The van der Waals surface area contributed by atoms with Gasteiger partial charge in [0.05, 0.1) is 18.8 Å². The van der Waals surface area contributed by atoms with Crippen molar-refractivity contribution in [3.8, 4) is 5.69 Å². The van der Waals surface area contributed by atoms with E-state index >= 15 is 0 Å². The van der Waals surface area contributed by atoms with E-state index < -0.39 is 24.6 Å². The number of nitrogens with zero attached hydrogens (tertiary/aromatic N) is 7. The van der Waals surface area contributed by atoms with Crippen molar-refractivity contribution in [1.29, 1.82) is 0 Å². The largest absolute Gasteiger partial charge is 0.433 e. The van der Waals surface area contributed by atoms with Crippen molar-refractivity contribution in [2.24, 2.45) is 5.41 Å². The minimum absolute atomic E-state index is 0.0165. The smallest absolute Gasteiger partial charge is 0.340 e. The SMILES string of the molecule is FC(F)(F)CN1Cc2cc(Cl)ccc2-n2c(nnc2C2CC3(C2)CN(c2nccc(C(F)(F)F)n2)C3)C1. The Morgan fingerprint density at radius 3 is 2.46 bits per heavy atom. The zero-order chi connectivity index (χ0) is 26.2. The van der Waals surface area contributed by atoms with Gasteiger partial charge in [-0.05, 0) is 42.7 Å². The number of fused-ring (bicyclic) bond motifs is 3. The molecule has 3 aromatic rings. The molecule has 0 radical (unpaired) electrons. The highest BCUT2D eigenvalue weighted by Gasteiger charge is 2.55. The fraction of sp³-hybridized carbons (Fsp3) is 0.478. The molecule has 14 heteroatoms. The maximum atomic E-state index is 13.2. The molecule has 2 aliphatic heterocycles. The van der Waals surface area contributed by atoms with Crippen molar-refractivity contribution in [2.75, 3.05) is 24.5 Å². The van der Waals surface area contributed by atoms with Crippen LogP contribution < -0.4 is 4.90 Å². The first-order valence-electron chi connectivity index (χ1n) is 11.6. The third-order valence-electron chi connectivity index (χ3n) is 7.19. The van der Waals surface area contributed by atoms with E-state index in [1.807, 2.05) is 4.57 Å². The Balaban J connectivity index is 1.21. The van der Waals surface area contributed by atoms with Crippen LogP contribution in [0.15, 0.2) is 30.5 Å². The van der Waals surface area contributed by atoms with Crippen LogP contribution in [-0.2, 0) is 19.3 Å². The van der Waals surface area contributed by atoms with Gasteiger partial charge in [-0.3, -0.25) is 9.47 Å². The molecule has 0 amide bonds. The van der Waals surface area contributed by atoms with Crippen molar-refractivity contribution >= 4 is 17.5 Å². The maximum Gasteiger partial charge on any atom is 0.433 e. The van der Waals surface area contributed by atoms with Crippen LogP contribution in [0.25, 0.3) is 5.69 Å². The van der Waals surface area contributed by atoms with Crippen LogP contribution in [-0.4, -0.2) is 55.4 Å². The molecule has 1 aromatic carbocycles. The molecule has 0 N–H and O–H groups in total. The molecule has 1 aliphatic carbocycles. The zero-order valence-electron chi connectivity index (χ0n) is 19.2. The van der Waals surface area contributed by atoms with Crippen LogP contribution in [0.3, 0.4) is 0 Å². The second kappa shape index (κ2) is 8.29. The van der Waals surface area contributed by atoms with Gasteiger partial charge in [-0.15, -0.1) is 10.2 Å². The Morgan fingerprint density at radius 2 is 1.76 bits per heavy atom. The molecule has 1 saturated carbocycles. The Kier molecular flexibility index (Phi) is 5.47. The maximum absolute atomic E-state index is 13.2. The van der Waals surface area contributed by atoms with Gasteiger partial charge in [-0.25, -0.2) is 9.97 Å². The van der Waals surface area contributed by atoms with Crippen LogP contribution in [0, 0.1) is 5.41 Å². The van der Waals surface area contributed by atoms with Crippen LogP contribution in [0.1, 0.15) is 41.7 Å². The summed E-state index contributed by atoms with van der Waals surface area (Å²) in [4.78, 5) is 10.6. The summed E-state index contributed by atoms with van der Waals surface area (Å²) >= 11 is 6.16. The fourth-order valence-corrected chi connectivity index (χ4v) is 5.91. The average molecular weight is 544 g/mol. The molecule has 0 bridgehead atoms. The third-order valence-corrected chi connectivity index (χ3v) is 7.43. The highest BCUT2D eigenvalue weighted by atomic mass is 35.5. The quantitative estimate of drug-likeness (QED) is 0.434. The summed E-state index contributed by atoms with van der Waals surface area (Å²) in [5, 5.41) is 9.03. The Bertz CT molecular complexity index is 1340. The summed E-state index contributed by atoms with van der Waals surface area (Å²) in [5.41, 5.74) is 0.291. The normalized spacial score (nSPS) is 19.7. The van der Waals surface area contributed by atoms with Gasteiger partial charge in [0, 0.05) is 42.2 Å². The summed E-state index contributed by atoms with van der Waals surface area (Å²) in [7, 11) is 0. The summed E-state index contributed by atoms with van der Waals surface area (Å²) in [6.07, 6.45) is -6.33. The molecule has 2 fully saturated rings. The fourth-order valence-electron chi connectivity index (χ4n) is 5.71. The minimum atomic E-state index is -4.54. The van der Waals surface area contributed by atoms with E-state index in [0.717, 1.165) is 25.1 Å². The number of rotatable bonds is 3. The van der Waals surface area contributed by atoms with Gasteiger partial charge in [-0.1, -0.05) is 11.6 Å². The molecular weight excluding hydrogens is 524 g/mol. The summed E-state index contributed by atoms with van der Waals surface area (Å²) in [6.45, 7) is 0.0198. The van der Waals surface area contributed by atoms with Gasteiger partial charge < -0.3 is 4.90 Å². The first-order chi connectivity index (χ1) is 17.4. The first kappa shape index (κ1) is 24.4.